The molecule has 3 heterocycles. The van der Waals surface area contributed by atoms with Gasteiger partial charge in [0.2, 0.25) is 16.8 Å². The van der Waals surface area contributed by atoms with Crippen LogP contribution < -0.4 is 14.2 Å². The van der Waals surface area contributed by atoms with Gasteiger partial charge in [-0.2, -0.15) is 4.31 Å². The van der Waals surface area contributed by atoms with E-state index in [1.54, 1.807) is 26.1 Å². The summed E-state index contributed by atoms with van der Waals surface area (Å²) in [7, 11) is -3.97. The van der Waals surface area contributed by atoms with Gasteiger partial charge in [0.1, 0.15) is 18.1 Å². The van der Waals surface area contributed by atoms with E-state index in [1.165, 1.54) is 21.3 Å². The van der Waals surface area contributed by atoms with E-state index in [1.807, 2.05) is 42.5 Å². The number of fused-ring (bicyclic) bond motifs is 1. The second kappa shape index (κ2) is 12.9. The van der Waals surface area contributed by atoms with E-state index in [-0.39, 0.29) is 24.2 Å². The normalized spacial score (nSPS) is 21.0. The first-order chi connectivity index (χ1) is 21.6. The van der Waals surface area contributed by atoms with E-state index in [2.05, 4.69) is 4.98 Å². The van der Waals surface area contributed by atoms with Gasteiger partial charge in [0.25, 0.3) is 0 Å². The Bertz CT molecular complexity index is 1590. The van der Waals surface area contributed by atoms with Crippen LogP contribution in [0, 0.1) is 5.92 Å². The van der Waals surface area contributed by atoms with Crippen molar-refractivity contribution in [2.75, 3.05) is 19.9 Å². The molecule has 2 atom stereocenters. The largest absolute Gasteiger partial charge is 0.487 e. The third-order valence-corrected chi connectivity index (χ3v) is 10.6. The standard InChI is InChI=1S/C33H39N3O8S/c1-33(2)36(32(37)38)28(17-23-10-12-26(13-11-23)41-21-25-9-5-6-16-34-25)31(44-33)20-35(19-24-7-3-4-8-24)45(39,40)27-14-15-29-30(18-27)43-22-42-29/h5-6,9-16,18,24,28,31H,3-4,7-8,17,19-22H2,1-2H3,(H,37,38)/t28-,31+/m0/s1. The van der Waals surface area contributed by atoms with Crippen LogP contribution in [0.2, 0.25) is 0 Å². The van der Waals surface area contributed by atoms with Crippen molar-refractivity contribution in [2.24, 2.45) is 5.92 Å². The van der Waals surface area contributed by atoms with Crippen molar-refractivity contribution in [3.05, 3.63) is 78.1 Å². The summed E-state index contributed by atoms with van der Waals surface area (Å²) in [5.41, 5.74) is 0.530. The molecule has 1 amide bonds. The number of pyridine rings is 1. The minimum atomic E-state index is -3.97. The van der Waals surface area contributed by atoms with Crippen LogP contribution in [-0.4, -0.2) is 71.6 Å². The van der Waals surface area contributed by atoms with Gasteiger partial charge in [-0.3, -0.25) is 9.88 Å². The quantitative estimate of drug-likeness (QED) is 0.298. The third-order valence-electron chi connectivity index (χ3n) is 8.77. The summed E-state index contributed by atoms with van der Waals surface area (Å²) in [5.74, 6) is 1.77. The average Bonchev–Trinajstić information content (AvgIpc) is 3.76. The van der Waals surface area contributed by atoms with Gasteiger partial charge < -0.3 is 24.1 Å². The van der Waals surface area contributed by atoms with Crippen LogP contribution in [0.15, 0.2) is 71.8 Å². The summed E-state index contributed by atoms with van der Waals surface area (Å²) >= 11 is 0. The molecule has 240 valence electrons. The summed E-state index contributed by atoms with van der Waals surface area (Å²) < 4.78 is 52.9. The van der Waals surface area contributed by atoms with Crippen LogP contribution in [-0.2, 0) is 27.8 Å². The molecule has 1 saturated heterocycles. The lowest BCUT2D eigenvalue weighted by molar-refractivity contribution is -0.0691. The highest BCUT2D eigenvalue weighted by Crippen LogP contribution is 2.38. The number of rotatable bonds is 11. The first kappa shape index (κ1) is 31.1. The van der Waals surface area contributed by atoms with Crippen molar-refractivity contribution in [2.45, 2.75) is 75.3 Å². The van der Waals surface area contributed by atoms with E-state index in [0.717, 1.165) is 36.9 Å². The maximum Gasteiger partial charge on any atom is 0.409 e. The van der Waals surface area contributed by atoms with E-state index < -0.39 is 34.0 Å². The van der Waals surface area contributed by atoms with Gasteiger partial charge in [0, 0.05) is 25.4 Å². The molecule has 11 nitrogen and oxygen atoms in total. The molecule has 1 N–H and O–H groups in total. The first-order valence-corrected chi connectivity index (χ1v) is 16.8. The van der Waals surface area contributed by atoms with Crippen LogP contribution in [0.4, 0.5) is 4.79 Å². The summed E-state index contributed by atoms with van der Waals surface area (Å²) in [4.78, 5) is 18.3. The fourth-order valence-electron chi connectivity index (χ4n) is 6.57. The van der Waals surface area contributed by atoms with Crippen LogP contribution in [0.3, 0.4) is 0 Å². The van der Waals surface area contributed by atoms with Gasteiger partial charge >= 0.3 is 6.09 Å². The maximum absolute atomic E-state index is 14.2. The molecule has 0 radical (unpaired) electrons. The molecule has 0 bridgehead atoms. The SMILES string of the molecule is CC1(C)O[C@H](CN(CC2CCCC2)S(=O)(=O)c2ccc3c(c2)OCO3)[C@H](Cc2ccc(OCc3ccccn3)cc2)N1C(=O)O. The molecule has 1 aliphatic carbocycles. The number of carboxylic acid groups (broad SMARTS) is 1. The van der Waals surface area contributed by atoms with Gasteiger partial charge in [-0.15, -0.1) is 0 Å². The zero-order valence-corrected chi connectivity index (χ0v) is 26.3. The number of benzene rings is 2. The number of hydrogen-bond acceptors (Lipinski definition) is 8. The van der Waals surface area contributed by atoms with Gasteiger partial charge in [-0.05, 0) is 81.0 Å². The minimum absolute atomic E-state index is 0.0103. The molecule has 3 aliphatic rings. The monoisotopic (exact) mass is 637 g/mol. The molecule has 0 unspecified atom stereocenters. The highest BCUT2D eigenvalue weighted by atomic mass is 32.2. The number of amides is 1. The predicted molar refractivity (Wildman–Crippen MR) is 165 cm³/mol. The Balaban J connectivity index is 1.24. The number of ether oxygens (including phenoxy) is 4. The van der Waals surface area contributed by atoms with Gasteiger partial charge in [-0.25, -0.2) is 13.2 Å². The molecule has 2 fully saturated rings. The summed E-state index contributed by atoms with van der Waals surface area (Å²) in [5, 5.41) is 10.3. The third kappa shape index (κ3) is 6.87. The Morgan fingerprint density at radius 1 is 1.04 bits per heavy atom. The second-order valence-corrected chi connectivity index (χ2v) is 14.2. The molecule has 2 aliphatic heterocycles. The highest BCUT2D eigenvalue weighted by Gasteiger charge is 2.51. The Morgan fingerprint density at radius 2 is 1.80 bits per heavy atom. The number of hydrogen-bond donors (Lipinski definition) is 1. The Morgan fingerprint density at radius 3 is 2.51 bits per heavy atom. The lowest BCUT2D eigenvalue weighted by Crippen LogP contribution is -2.50. The van der Waals surface area contributed by atoms with E-state index in [9.17, 15) is 18.3 Å². The lowest BCUT2D eigenvalue weighted by Gasteiger charge is -2.31. The predicted octanol–water partition coefficient (Wildman–Crippen LogP) is 5.30. The Labute approximate surface area is 263 Å². The number of carbonyl (C=O) groups is 1. The van der Waals surface area contributed by atoms with E-state index in [0.29, 0.717) is 36.8 Å². The van der Waals surface area contributed by atoms with Gasteiger partial charge in [-0.1, -0.05) is 31.0 Å². The number of nitrogens with zero attached hydrogens (tertiary/aromatic N) is 3. The number of aromatic nitrogens is 1. The molecular formula is C33H39N3O8S. The second-order valence-electron chi connectivity index (χ2n) is 12.3. The topological polar surface area (TPSA) is 128 Å². The van der Waals surface area contributed by atoms with Crippen molar-refractivity contribution >= 4 is 16.1 Å². The molecule has 6 rings (SSSR count). The van der Waals surface area contributed by atoms with Crippen LogP contribution in [0.1, 0.15) is 50.8 Å². The lowest BCUT2D eigenvalue weighted by atomic mass is 9.99. The molecule has 0 spiro atoms. The fraction of sp³-hybridized carbons (Fsp3) is 0.455. The molecule has 2 aromatic carbocycles. The molecule has 1 aromatic heterocycles. The molecule has 45 heavy (non-hydrogen) atoms. The summed E-state index contributed by atoms with van der Waals surface area (Å²) in [6, 6.07) is 17.1. The van der Waals surface area contributed by atoms with Crippen LogP contribution >= 0.6 is 0 Å². The van der Waals surface area contributed by atoms with Crippen LogP contribution in [0.5, 0.6) is 17.2 Å². The first-order valence-electron chi connectivity index (χ1n) is 15.3. The molecule has 3 aromatic rings. The van der Waals surface area contributed by atoms with Crippen LogP contribution in [0.25, 0.3) is 0 Å². The van der Waals surface area contributed by atoms with E-state index >= 15 is 0 Å². The summed E-state index contributed by atoms with van der Waals surface area (Å²) in [6.45, 7) is 4.12. The van der Waals surface area contributed by atoms with Crippen molar-refractivity contribution in [1.82, 2.24) is 14.2 Å². The van der Waals surface area contributed by atoms with Crippen molar-refractivity contribution in [1.29, 1.82) is 0 Å². The molecule has 12 heteroatoms. The van der Waals surface area contributed by atoms with Gasteiger partial charge in [0.15, 0.2) is 11.5 Å². The van der Waals surface area contributed by atoms with Crippen molar-refractivity contribution in [3.8, 4) is 17.2 Å². The van der Waals surface area contributed by atoms with Gasteiger partial charge in [0.05, 0.1) is 22.7 Å². The maximum atomic E-state index is 14.2. The molecular weight excluding hydrogens is 598 g/mol. The Kier molecular flexibility index (Phi) is 8.89. The van der Waals surface area contributed by atoms with E-state index in [4.69, 9.17) is 18.9 Å². The van der Waals surface area contributed by atoms with Crippen molar-refractivity contribution in [3.63, 3.8) is 0 Å². The average molecular weight is 638 g/mol. The zero-order valence-electron chi connectivity index (χ0n) is 25.5. The smallest absolute Gasteiger partial charge is 0.409 e. The highest BCUT2D eigenvalue weighted by molar-refractivity contribution is 7.89. The number of sulfonamides is 1. The fourth-order valence-corrected chi connectivity index (χ4v) is 8.11. The summed E-state index contributed by atoms with van der Waals surface area (Å²) in [6.07, 6.45) is 4.24. The zero-order chi connectivity index (χ0) is 31.6. The van der Waals surface area contributed by atoms with Crippen molar-refractivity contribution < 1.29 is 37.3 Å². The Hall–Kier alpha value is -3.87. The minimum Gasteiger partial charge on any atom is -0.487 e. The molecule has 1 saturated carbocycles.